The van der Waals surface area contributed by atoms with E-state index in [-0.39, 0.29) is 5.91 Å². The number of pyridine rings is 1. The summed E-state index contributed by atoms with van der Waals surface area (Å²) in [6.45, 7) is 2.92. The van der Waals surface area contributed by atoms with Crippen LogP contribution in [0.3, 0.4) is 0 Å². The summed E-state index contributed by atoms with van der Waals surface area (Å²) < 4.78 is 0. The maximum atomic E-state index is 11.9. The van der Waals surface area contributed by atoms with E-state index in [1.165, 1.54) is 0 Å². The van der Waals surface area contributed by atoms with Crippen molar-refractivity contribution in [1.29, 1.82) is 0 Å². The number of nitrogens with one attached hydrogen (secondary N) is 2. The Hall–Kier alpha value is -1.58. The van der Waals surface area contributed by atoms with Crippen molar-refractivity contribution >= 4 is 11.7 Å². The van der Waals surface area contributed by atoms with Crippen molar-refractivity contribution in [3.8, 4) is 0 Å². The van der Waals surface area contributed by atoms with Crippen molar-refractivity contribution in [3.05, 3.63) is 23.9 Å². The van der Waals surface area contributed by atoms with Crippen molar-refractivity contribution in [2.45, 2.75) is 32.2 Å². The highest BCUT2D eigenvalue weighted by molar-refractivity contribution is 5.99. The average molecular weight is 219 g/mol. The Morgan fingerprint density at radius 3 is 3.06 bits per heavy atom. The van der Waals surface area contributed by atoms with Crippen LogP contribution >= 0.6 is 0 Å². The van der Waals surface area contributed by atoms with Crippen LogP contribution in [0.4, 0.5) is 5.82 Å². The third-order valence-electron chi connectivity index (χ3n) is 2.51. The van der Waals surface area contributed by atoms with Gasteiger partial charge in [0.25, 0.3) is 5.91 Å². The van der Waals surface area contributed by atoms with E-state index in [4.69, 9.17) is 0 Å². The Bertz CT molecular complexity index is 374. The second-order valence-corrected chi connectivity index (χ2v) is 4.07. The van der Waals surface area contributed by atoms with Crippen LogP contribution in [0.1, 0.15) is 36.5 Å². The molecule has 0 spiro atoms. The molecule has 16 heavy (non-hydrogen) atoms. The van der Waals surface area contributed by atoms with Gasteiger partial charge in [-0.3, -0.25) is 4.79 Å². The first-order valence-corrected chi connectivity index (χ1v) is 5.81. The second kappa shape index (κ2) is 4.96. The highest BCUT2D eigenvalue weighted by atomic mass is 16.1. The van der Waals surface area contributed by atoms with E-state index in [1.807, 2.05) is 6.07 Å². The van der Waals surface area contributed by atoms with Gasteiger partial charge in [-0.25, -0.2) is 4.98 Å². The van der Waals surface area contributed by atoms with Crippen LogP contribution in [0.2, 0.25) is 0 Å². The van der Waals surface area contributed by atoms with Crippen LogP contribution in [-0.2, 0) is 0 Å². The molecule has 1 aliphatic carbocycles. The van der Waals surface area contributed by atoms with Gasteiger partial charge < -0.3 is 10.6 Å². The van der Waals surface area contributed by atoms with E-state index >= 15 is 0 Å². The van der Waals surface area contributed by atoms with Crippen LogP contribution in [0.15, 0.2) is 18.3 Å². The summed E-state index contributed by atoms with van der Waals surface area (Å²) in [4.78, 5) is 16.1. The molecule has 0 aliphatic heterocycles. The summed E-state index contributed by atoms with van der Waals surface area (Å²) in [6, 6.07) is 3.98. The molecule has 1 aromatic rings. The fourth-order valence-corrected chi connectivity index (χ4v) is 1.46. The number of rotatable bonds is 5. The van der Waals surface area contributed by atoms with Gasteiger partial charge in [0.05, 0.1) is 5.56 Å². The molecule has 1 heterocycles. The number of anilines is 1. The molecule has 1 fully saturated rings. The summed E-state index contributed by atoms with van der Waals surface area (Å²) in [5.74, 6) is 0.664. The summed E-state index contributed by atoms with van der Waals surface area (Å²) in [5.41, 5.74) is 0.642. The van der Waals surface area contributed by atoms with Gasteiger partial charge in [0.15, 0.2) is 0 Å². The SMILES string of the molecule is CCCNc1ncccc1C(=O)NC1CC1. The lowest BCUT2D eigenvalue weighted by atomic mass is 10.2. The van der Waals surface area contributed by atoms with E-state index in [9.17, 15) is 4.79 Å². The van der Waals surface area contributed by atoms with Crippen LogP contribution in [0, 0.1) is 0 Å². The standard InChI is InChI=1S/C12H17N3O/c1-2-7-13-11-10(4-3-8-14-11)12(16)15-9-5-6-9/h3-4,8-9H,2,5-7H2,1H3,(H,13,14)(H,15,16). The molecular weight excluding hydrogens is 202 g/mol. The maximum Gasteiger partial charge on any atom is 0.255 e. The van der Waals surface area contributed by atoms with Gasteiger partial charge in [-0.15, -0.1) is 0 Å². The second-order valence-electron chi connectivity index (χ2n) is 4.07. The molecular formula is C12H17N3O. The van der Waals surface area contributed by atoms with Crippen molar-refractivity contribution < 1.29 is 4.79 Å². The molecule has 0 bridgehead atoms. The van der Waals surface area contributed by atoms with E-state index in [1.54, 1.807) is 12.3 Å². The number of nitrogens with zero attached hydrogens (tertiary/aromatic N) is 1. The smallest absolute Gasteiger partial charge is 0.255 e. The van der Waals surface area contributed by atoms with Crippen molar-refractivity contribution in [3.63, 3.8) is 0 Å². The molecule has 0 radical (unpaired) electrons. The zero-order chi connectivity index (χ0) is 11.4. The fourth-order valence-electron chi connectivity index (χ4n) is 1.46. The van der Waals surface area contributed by atoms with Crippen molar-refractivity contribution in [2.24, 2.45) is 0 Å². The fraction of sp³-hybridized carbons (Fsp3) is 0.500. The quantitative estimate of drug-likeness (QED) is 0.794. The first kappa shape index (κ1) is 10.9. The number of amides is 1. The molecule has 0 saturated heterocycles. The van der Waals surface area contributed by atoms with Crippen LogP contribution in [0.25, 0.3) is 0 Å². The predicted molar refractivity (Wildman–Crippen MR) is 63.5 cm³/mol. The van der Waals surface area contributed by atoms with Gasteiger partial charge in [0.2, 0.25) is 0 Å². The lowest BCUT2D eigenvalue weighted by molar-refractivity contribution is 0.0951. The Balaban J connectivity index is 2.07. The van der Waals surface area contributed by atoms with Gasteiger partial charge in [0.1, 0.15) is 5.82 Å². The van der Waals surface area contributed by atoms with Gasteiger partial charge >= 0.3 is 0 Å². The van der Waals surface area contributed by atoms with Crippen LogP contribution < -0.4 is 10.6 Å². The monoisotopic (exact) mass is 219 g/mol. The number of hydrogen-bond acceptors (Lipinski definition) is 3. The summed E-state index contributed by atoms with van der Waals surface area (Å²) in [7, 11) is 0. The molecule has 0 aromatic carbocycles. The molecule has 0 unspecified atom stereocenters. The summed E-state index contributed by atoms with van der Waals surface area (Å²) in [5, 5.41) is 6.13. The first-order valence-electron chi connectivity index (χ1n) is 5.81. The lowest BCUT2D eigenvalue weighted by Crippen LogP contribution is -2.26. The number of hydrogen-bond donors (Lipinski definition) is 2. The maximum absolute atomic E-state index is 11.9. The largest absolute Gasteiger partial charge is 0.369 e. The van der Waals surface area contributed by atoms with Gasteiger partial charge in [-0.1, -0.05) is 6.92 Å². The minimum Gasteiger partial charge on any atom is -0.369 e. The zero-order valence-corrected chi connectivity index (χ0v) is 9.49. The highest BCUT2D eigenvalue weighted by Crippen LogP contribution is 2.20. The van der Waals surface area contributed by atoms with E-state index in [0.717, 1.165) is 25.8 Å². The predicted octanol–water partition coefficient (Wildman–Crippen LogP) is 1.80. The molecule has 1 aliphatic rings. The molecule has 2 N–H and O–H groups in total. The van der Waals surface area contributed by atoms with Crippen LogP contribution in [0.5, 0.6) is 0 Å². The van der Waals surface area contributed by atoms with Crippen molar-refractivity contribution in [1.82, 2.24) is 10.3 Å². The Morgan fingerprint density at radius 1 is 1.56 bits per heavy atom. The Labute approximate surface area is 95.5 Å². The molecule has 1 aromatic heterocycles. The minimum absolute atomic E-state index is 0.0193. The number of aromatic nitrogens is 1. The first-order chi connectivity index (χ1) is 7.81. The van der Waals surface area contributed by atoms with Gasteiger partial charge in [0, 0.05) is 18.8 Å². The average Bonchev–Trinajstić information content (AvgIpc) is 3.10. The molecule has 4 nitrogen and oxygen atoms in total. The normalized spacial score (nSPS) is 14.6. The molecule has 2 rings (SSSR count). The number of carbonyl (C=O) groups is 1. The van der Waals surface area contributed by atoms with E-state index in [2.05, 4.69) is 22.5 Å². The van der Waals surface area contributed by atoms with E-state index < -0.39 is 0 Å². The van der Waals surface area contributed by atoms with E-state index in [0.29, 0.717) is 17.4 Å². The van der Waals surface area contributed by atoms with Crippen LogP contribution in [-0.4, -0.2) is 23.5 Å². The third kappa shape index (κ3) is 2.72. The lowest BCUT2D eigenvalue weighted by Gasteiger charge is -2.09. The number of carbonyl (C=O) groups excluding carboxylic acids is 1. The van der Waals surface area contributed by atoms with Gasteiger partial charge in [-0.2, -0.15) is 0 Å². The molecule has 1 saturated carbocycles. The minimum atomic E-state index is -0.0193. The Morgan fingerprint density at radius 2 is 2.38 bits per heavy atom. The van der Waals surface area contributed by atoms with Crippen molar-refractivity contribution in [2.75, 3.05) is 11.9 Å². The summed E-state index contributed by atoms with van der Waals surface area (Å²) >= 11 is 0. The molecule has 4 heteroatoms. The van der Waals surface area contributed by atoms with Gasteiger partial charge in [-0.05, 0) is 31.4 Å². The molecule has 0 atom stereocenters. The third-order valence-corrected chi connectivity index (χ3v) is 2.51. The topological polar surface area (TPSA) is 54.0 Å². The molecule has 86 valence electrons. The zero-order valence-electron chi connectivity index (χ0n) is 9.49. The Kier molecular flexibility index (Phi) is 3.39. The highest BCUT2D eigenvalue weighted by Gasteiger charge is 2.24. The summed E-state index contributed by atoms with van der Waals surface area (Å²) in [6.07, 6.45) is 4.92. The molecule has 1 amide bonds.